The van der Waals surface area contributed by atoms with Crippen molar-refractivity contribution in [2.75, 3.05) is 39.6 Å². The average Bonchev–Trinajstić information content (AvgIpc) is 3.27. The second kappa shape index (κ2) is 11.0. The van der Waals surface area contributed by atoms with Crippen molar-refractivity contribution in [3.05, 3.63) is 60.7 Å². The molecule has 0 radical (unpaired) electrons. The van der Waals surface area contributed by atoms with Crippen LogP contribution in [0.5, 0.6) is 11.5 Å². The van der Waals surface area contributed by atoms with Gasteiger partial charge in [0.25, 0.3) is 0 Å². The lowest BCUT2D eigenvalue weighted by atomic mass is 9.99. The molecule has 6 heteroatoms. The van der Waals surface area contributed by atoms with Gasteiger partial charge in [-0.2, -0.15) is 0 Å². The Morgan fingerprint density at radius 3 is 1.71 bits per heavy atom. The van der Waals surface area contributed by atoms with E-state index in [2.05, 4.69) is 24.3 Å². The molecule has 1 aromatic heterocycles. The minimum atomic E-state index is -0.00378. The zero-order chi connectivity index (χ0) is 24.0. The maximum Gasteiger partial charge on any atom is 0.139 e. The van der Waals surface area contributed by atoms with Crippen molar-refractivity contribution in [3.8, 4) is 11.5 Å². The zero-order valence-electron chi connectivity index (χ0n) is 19.7. The molecule has 0 unspecified atom stereocenters. The van der Waals surface area contributed by atoms with E-state index in [0.29, 0.717) is 26.4 Å². The van der Waals surface area contributed by atoms with Crippen molar-refractivity contribution >= 4 is 43.5 Å². The van der Waals surface area contributed by atoms with Crippen molar-refractivity contribution < 1.29 is 28.8 Å². The van der Waals surface area contributed by atoms with Crippen LogP contribution in [0, 0.1) is 0 Å². The summed E-state index contributed by atoms with van der Waals surface area (Å²) in [6.45, 7) is 1.88. The number of hydrogen-bond acceptors (Lipinski definition) is 6. The summed E-state index contributed by atoms with van der Waals surface area (Å²) in [5, 5.41) is 24.2. The molecule has 182 valence electrons. The number of furan rings is 1. The summed E-state index contributed by atoms with van der Waals surface area (Å²) < 4.78 is 24.0. The maximum absolute atomic E-state index is 9.01. The smallest absolute Gasteiger partial charge is 0.139 e. The number of unbranched alkanes of at least 4 members (excludes halogenated alkanes) is 2. The van der Waals surface area contributed by atoms with Crippen LogP contribution >= 0.6 is 0 Å². The van der Waals surface area contributed by atoms with E-state index in [1.54, 1.807) is 0 Å². The van der Waals surface area contributed by atoms with Gasteiger partial charge in [-0.15, -0.1) is 0 Å². The van der Waals surface area contributed by atoms with Crippen LogP contribution in [0.2, 0.25) is 0 Å². The van der Waals surface area contributed by atoms with Crippen molar-refractivity contribution in [3.63, 3.8) is 0 Å². The van der Waals surface area contributed by atoms with Crippen LogP contribution in [0.3, 0.4) is 0 Å². The van der Waals surface area contributed by atoms with Gasteiger partial charge >= 0.3 is 0 Å². The van der Waals surface area contributed by atoms with E-state index < -0.39 is 0 Å². The van der Waals surface area contributed by atoms with Crippen LogP contribution in [-0.2, 0) is 4.74 Å². The zero-order valence-corrected chi connectivity index (χ0v) is 19.7. The monoisotopic (exact) mass is 474 g/mol. The molecule has 2 N–H and O–H groups in total. The Balaban J connectivity index is 1.60. The fraction of sp³-hybridized carbons (Fsp3) is 0.310. The summed E-state index contributed by atoms with van der Waals surface area (Å²) in [5.41, 5.74) is 1.54. The van der Waals surface area contributed by atoms with Crippen LogP contribution in [0.15, 0.2) is 65.1 Å². The summed E-state index contributed by atoms with van der Waals surface area (Å²) in [6.07, 6.45) is 2.61. The van der Waals surface area contributed by atoms with Crippen LogP contribution in [0.4, 0.5) is 0 Å². The second-order valence-corrected chi connectivity index (χ2v) is 8.51. The van der Waals surface area contributed by atoms with Gasteiger partial charge < -0.3 is 28.8 Å². The van der Waals surface area contributed by atoms with Gasteiger partial charge in [-0.1, -0.05) is 48.5 Å². The molecule has 0 aliphatic rings. The molecule has 0 aliphatic carbocycles. The summed E-state index contributed by atoms with van der Waals surface area (Å²) in [6, 6.07) is 20.4. The second-order valence-electron chi connectivity index (χ2n) is 8.51. The Labute approximate surface area is 203 Å². The summed E-state index contributed by atoms with van der Waals surface area (Å²) in [5.74, 6) is 1.54. The van der Waals surface area contributed by atoms with Crippen LogP contribution in [0.25, 0.3) is 43.5 Å². The van der Waals surface area contributed by atoms with E-state index in [-0.39, 0.29) is 13.2 Å². The molecule has 0 fully saturated rings. The predicted molar refractivity (Wildman–Crippen MR) is 139 cm³/mol. The Hall–Kier alpha value is -3.32. The van der Waals surface area contributed by atoms with E-state index >= 15 is 0 Å². The number of hydrogen-bond donors (Lipinski definition) is 2. The molecule has 0 saturated carbocycles. The molecular weight excluding hydrogens is 444 g/mol. The Bertz CT molecular complexity index is 1330. The molecule has 5 rings (SSSR count). The highest BCUT2D eigenvalue weighted by Crippen LogP contribution is 2.44. The highest BCUT2D eigenvalue weighted by molar-refractivity contribution is 6.28. The number of rotatable bonds is 12. The first-order valence-electron chi connectivity index (χ1n) is 12.2. The van der Waals surface area contributed by atoms with Gasteiger partial charge in [0.05, 0.1) is 26.4 Å². The summed E-state index contributed by atoms with van der Waals surface area (Å²) >= 11 is 0. The average molecular weight is 475 g/mol. The van der Waals surface area contributed by atoms with Crippen molar-refractivity contribution in [1.29, 1.82) is 0 Å². The molecule has 5 aromatic rings. The molecule has 0 saturated heterocycles. The first-order chi connectivity index (χ1) is 17.3. The van der Waals surface area contributed by atoms with Crippen molar-refractivity contribution in [1.82, 2.24) is 0 Å². The first kappa shape index (κ1) is 23.4. The number of aliphatic hydroxyl groups excluding tert-OH is 2. The van der Waals surface area contributed by atoms with Gasteiger partial charge in [-0.25, -0.2) is 0 Å². The van der Waals surface area contributed by atoms with E-state index in [1.165, 1.54) is 0 Å². The van der Waals surface area contributed by atoms with E-state index in [4.69, 9.17) is 28.8 Å². The fourth-order valence-electron chi connectivity index (χ4n) is 4.62. The number of aliphatic hydroxyl groups is 2. The molecule has 0 spiro atoms. The van der Waals surface area contributed by atoms with Crippen LogP contribution < -0.4 is 9.47 Å². The first-order valence-corrected chi connectivity index (χ1v) is 12.2. The van der Waals surface area contributed by atoms with E-state index in [9.17, 15) is 0 Å². The Morgan fingerprint density at radius 2 is 1.14 bits per heavy atom. The largest absolute Gasteiger partial charge is 0.493 e. The molecule has 0 amide bonds. The van der Waals surface area contributed by atoms with Gasteiger partial charge in [-0.3, -0.25) is 0 Å². The minimum absolute atomic E-state index is 0.00378. The summed E-state index contributed by atoms with van der Waals surface area (Å²) in [4.78, 5) is 0. The van der Waals surface area contributed by atoms with Gasteiger partial charge in [0.1, 0.15) is 29.3 Å². The van der Waals surface area contributed by atoms with Crippen LogP contribution in [-0.4, -0.2) is 49.9 Å². The molecular formula is C29H30O6. The van der Waals surface area contributed by atoms with Gasteiger partial charge in [-0.05, 0) is 30.0 Å². The summed E-state index contributed by atoms with van der Waals surface area (Å²) in [7, 11) is 0. The topological polar surface area (TPSA) is 81.3 Å². The molecule has 0 aliphatic heterocycles. The van der Waals surface area contributed by atoms with E-state index in [1.807, 2.05) is 36.4 Å². The predicted octanol–water partition coefficient (Wildman–Crippen LogP) is 5.82. The molecule has 1 heterocycles. The lowest BCUT2D eigenvalue weighted by Gasteiger charge is -2.11. The van der Waals surface area contributed by atoms with Gasteiger partial charge in [0.2, 0.25) is 0 Å². The van der Waals surface area contributed by atoms with E-state index in [0.717, 1.165) is 74.2 Å². The van der Waals surface area contributed by atoms with Crippen LogP contribution in [0.1, 0.15) is 19.3 Å². The highest BCUT2D eigenvalue weighted by atomic mass is 16.5. The lowest BCUT2D eigenvalue weighted by molar-refractivity contribution is 0.0708. The molecule has 35 heavy (non-hydrogen) atoms. The third-order valence-electron chi connectivity index (χ3n) is 6.19. The fourth-order valence-corrected chi connectivity index (χ4v) is 4.62. The normalized spacial score (nSPS) is 11.7. The standard InChI is InChI=1S/C29H30O6/c30-12-6-1-7-14-33-24-18-26-28(22-10-4-2-8-20(22)24)29-23-11-5-3-9-21(23)25(19-27(29)35-26)34-17-16-32-15-13-31/h2-5,8-11,18-19,30-31H,1,6-7,12-17H2. The highest BCUT2D eigenvalue weighted by Gasteiger charge is 2.18. The number of fused-ring (bicyclic) bond motifs is 7. The number of benzene rings is 4. The lowest BCUT2D eigenvalue weighted by Crippen LogP contribution is -2.09. The van der Waals surface area contributed by atoms with Crippen molar-refractivity contribution in [2.24, 2.45) is 0 Å². The number of ether oxygens (including phenoxy) is 3. The minimum Gasteiger partial charge on any atom is -0.493 e. The Kier molecular flexibility index (Phi) is 7.33. The van der Waals surface area contributed by atoms with Crippen molar-refractivity contribution in [2.45, 2.75) is 19.3 Å². The quantitative estimate of drug-likeness (QED) is 0.222. The Morgan fingerprint density at radius 1 is 0.571 bits per heavy atom. The molecule has 0 bridgehead atoms. The van der Waals surface area contributed by atoms with Gasteiger partial charge in [0.15, 0.2) is 0 Å². The SMILES string of the molecule is OCCCCCOc1cc2oc3cc(OCCOCCO)c4ccccc4c3c2c2ccccc12. The molecule has 4 aromatic carbocycles. The molecule has 0 atom stereocenters. The maximum atomic E-state index is 9.01. The van der Waals surface area contributed by atoms with Gasteiger partial charge in [0, 0.05) is 40.3 Å². The molecule has 6 nitrogen and oxygen atoms in total. The third-order valence-corrected chi connectivity index (χ3v) is 6.19. The third kappa shape index (κ3) is 4.78.